The summed E-state index contributed by atoms with van der Waals surface area (Å²) in [5.74, 6) is -0.990. The summed E-state index contributed by atoms with van der Waals surface area (Å²) in [6.45, 7) is 8.76. The van der Waals surface area contributed by atoms with Crippen molar-refractivity contribution >= 4 is 27.8 Å². The maximum atomic E-state index is 12.7. The third kappa shape index (κ3) is 3.96. The highest BCUT2D eigenvalue weighted by molar-refractivity contribution is 7.86. The van der Waals surface area contributed by atoms with Gasteiger partial charge in [0.15, 0.2) is 6.10 Å². The zero-order chi connectivity index (χ0) is 27.5. The van der Waals surface area contributed by atoms with Crippen LogP contribution in [0.5, 0.6) is 0 Å². The van der Waals surface area contributed by atoms with Gasteiger partial charge in [0, 0.05) is 19.3 Å². The Bertz CT molecular complexity index is 1320. The largest absolute Gasteiger partial charge is 0.465 e. The van der Waals surface area contributed by atoms with Gasteiger partial charge in [-0.2, -0.15) is 19.1 Å². The number of rotatable bonds is 7. The third-order valence-electron chi connectivity index (χ3n) is 8.53. The Hall–Kier alpha value is -2.80. The molecule has 1 aromatic rings. The van der Waals surface area contributed by atoms with Crippen molar-refractivity contribution in [3.8, 4) is 0 Å². The summed E-state index contributed by atoms with van der Waals surface area (Å²) in [6.07, 6.45) is 1.13. The van der Waals surface area contributed by atoms with Crippen LogP contribution in [0, 0.1) is 17.8 Å². The Labute approximate surface area is 221 Å². The van der Waals surface area contributed by atoms with Gasteiger partial charge >= 0.3 is 22.1 Å². The zero-order valence-electron chi connectivity index (χ0n) is 22.0. The summed E-state index contributed by atoms with van der Waals surface area (Å²) in [6, 6.07) is 6.17. The monoisotopic (exact) mass is 548 g/mol. The maximum Gasteiger partial charge on any atom is 0.318 e. The fourth-order valence-corrected chi connectivity index (χ4v) is 7.06. The maximum absolute atomic E-state index is 12.7. The molecule has 5 rings (SSSR count). The number of hydrogen-bond donors (Lipinski definition) is 1. The van der Waals surface area contributed by atoms with E-state index in [-0.39, 0.29) is 17.2 Å². The van der Waals surface area contributed by atoms with E-state index in [0.717, 1.165) is 17.6 Å². The molecule has 2 bridgehead atoms. The van der Waals surface area contributed by atoms with Crippen molar-refractivity contribution < 1.29 is 41.2 Å². The minimum absolute atomic E-state index is 0.0296. The Morgan fingerprint density at radius 1 is 1.16 bits per heavy atom. The first-order valence-electron chi connectivity index (χ1n) is 12.5. The molecule has 4 aliphatic rings. The lowest BCUT2D eigenvalue weighted by atomic mass is 9.51. The molecule has 0 aromatic heterocycles. The van der Waals surface area contributed by atoms with E-state index in [1.54, 1.807) is 12.1 Å². The lowest BCUT2D eigenvalue weighted by Crippen LogP contribution is -2.66. The number of carbonyl (C=O) groups is 2. The molecule has 2 aliphatic carbocycles. The van der Waals surface area contributed by atoms with E-state index in [2.05, 4.69) is 10.7 Å². The van der Waals surface area contributed by atoms with Gasteiger partial charge in [0.1, 0.15) is 24.0 Å². The third-order valence-corrected chi connectivity index (χ3v) is 9.67. The van der Waals surface area contributed by atoms with Gasteiger partial charge in [0.2, 0.25) is 0 Å². The second-order valence-electron chi connectivity index (χ2n) is 10.7. The molecule has 12 heteroatoms. The molecule has 3 unspecified atom stereocenters. The molecule has 1 N–H and O–H groups in total. The number of nitrogens with one attached hydrogen (secondary N) is 1. The summed E-state index contributed by atoms with van der Waals surface area (Å²) >= 11 is 0. The first-order valence-corrected chi connectivity index (χ1v) is 13.9. The smallest absolute Gasteiger partial charge is 0.318 e. The highest BCUT2D eigenvalue weighted by Gasteiger charge is 2.85. The minimum atomic E-state index is -4.18. The molecule has 1 aromatic carbocycles. The number of epoxide rings is 1. The van der Waals surface area contributed by atoms with E-state index in [1.807, 2.05) is 26.8 Å². The van der Waals surface area contributed by atoms with Crippen LogP contribution >= 0.6 is 0 Å². The fraction of sp³-hybridized carbons (Fsp3) is 0.577. The van der Waals surface area contributed by atoms with E-state index in [4.69, 9.17) is 23.2 Å². The average molecular weight is 549 g/mol. The number of benzene rings is 1. The summed E-state index contributed by atoms with van der Waals surface area (Å²) in [7, 11) is -4.18. The molecule has 2 heterocycles. The van der Waals surface area contributed by atoms with Crippen LogP contribution in [-0.2, 0) is 42.9 Å². The van der Waals surface area contributed by atoms with Crippen LogP contribution in [-0.4, -0.2) is 63.2 Å². The van der Waals surface area contributed by atoms with Crippen LogP contribution in [0.15, 0.2) is 45.9 Å². The molecule has 1 saturated carbocycles. The second-order valence-corrected chi connectivity index (χ2v) is 12.3. The van der Waals surface area contributed by atoms with E-state index >= 15 is 0 Å². The Balaban J connectivity index is 1.54. The molecule has 0 radical (unpaired) electrons. The highest BCUT2D eigenvalue weighted by Crippen LogP contribution is 2.71. The molecule has 2 saturated heterocycles. The van der Waals surface area contributed by atoms with Gasteiger partial charge in [-0.25, -0.2) is 0 Å². The number of hydrogen-bond acceptors (Lipinski definition) is 11. The molecule has 1 spiro atoms. The Morgan fingerprint density at radius 2 is 1.84 bits per heavy atom. The van der Waals surface area contributed by atoms with Gasteiger partial charge < -0.3 is 18.9 Å². The van der Waals surface area contributed by atoms with Crippen LogP contribution in [0.4, 0.5) is 0 Å². The van der Waals surface area contributed by atoms with E-state index in [1.165, 1.54) is 26.0 Å². The zero-order valence-corrected chi connectivity index (χ0v) is 22.8. The van der Waals surface area contributed by atoms with Crippen LogP contribution in [0.3, 0.4) is 0 Å². The minimum Gasteiger partial charge on any atom is -0.465 e. The highest BCUT2D eigenvalue weighted by atomic mass is 32.2. The second kappa shape index (κ2) is 9.15. The topological polar surface area (TPSA) is 142 Å². The van der Waals surface area contributed by atoms with Gasteiger partial charge in [-0.3, -0.25) is 9.59 Å². The normalized spacial score (nSPS) is 36.4. The number of carbonyl (C=O) groups excluding carboxylic acids is 2. The summed E-state index contributed by atoms with van der Waals surface area (Å²) in [5.41, 5.74) is 1.85. The summed E-state index contributed by atoms with van der Waals surface area (Å²) in [4.78, 5) is 24.2. The van der Waals surface area contributed by atoms with Crippen molar-refractivity contribution in [1.29, 1.82) is 0 Å². The van der Waals surface area contributed by atoms with Crippen LogP contribution in [0.2, 0.25) is 0 Å². The summed E-state index contributed by atoms with van der Waals surface area (Å²) < 4.78 is 54.5. The SMILES string of the molecule is CC(=O)OC[C@]12CCC(C)=CC1OC1/C(=N/NOS(=O)(=O)c3ccc(C)cc3)[C@@H](OC(C)=O)[C@@]2(C)C12CO2. The Kier molecular flexibility index (Phi) is 6.45. The standard InChI is InChI=1S/C26H32N2O9S/c1-15-6-8-19(9-7-15)38(31,32)37-28-27-21-22(35-18(4)30)24(5)25(13-33-17(3)29)11-10-16(2)12-20(25)36-23(21)26(24)14-34-26/h6-9,12,20,22-23,28H,10-11,13-14H2,1-5H3/b27-21+/t20?,22-,23?,24-,25-,26?/m1/s1. The molecule has 6 atom stereocenters. The molecule has 2 aliphatic heterocycles. The lowest BCUT2D eigenvalue weighted by molar-refractivity contribution is -0.232. The average Bonchev–Trinajstić information content (AvgIpc) is 3.63. The van der Waals surface area contributed by atoms with Gasteiger partial charge in [0.25, 0.3) is 0 Å². The predicted molar refractivity (Wildman–Crippen MR) is 133 cm³/mol. The lowest BCUT2D eigenvalue weighted by Gasteiger charge is -2.57. The molecule has 3 fully saturated rings. The van der Waals surface area contributed by atoms with Crippen molar-refractivity contribution in [3.05, 3.63) is 41.5 Å². The first-order chi connectivity index (χ1) is 17.9. The number of allylic oxidation sites excluding steroid dienone is 1. The number of ether oxygens (including phenoxy) is 4. The van der Waals surface area contributed by atoms with Gasteiger partial charge in [-0.15, -0.1) is 4.28 Å². The predicted octanol–water partition coefficient (Wildman–Crippen LogP) is 2.34. The van der Waals surface area contributed by atoms with E-state index in [9.17, 15) is 18.0 Å². The van der Waals surface area contributed by atoms with Crippen LogP contribution in [0.1, 0.15) is 46.1 Å². The number of fused-ring (bicyclic) bond motifs is 2. The van der Waals surface area contributed by atoms with Crippen LogP contribution < -0.4 is 5.59 Å². The number of hydrazone groups is 1. The molecule has 0 amide bonds. The van der Waals surface area contributed by atoms with Gasteiger partial charge in [-0.05, 0) is 38.8 Å². The van der Waals surface area contributed by atoms with E-state index in [0.29, 0.717) is 13.0 Å². The summed E-state index contributed by atoms with van der Waals surface area (Å²) in [5, 5.41) is 4.27. The van der Waals surface area contributed by atoms with Crippen molar-refractivity contribution in [2.45, 2.75) is 76.3 Å². The quantitative estimate of drug-likeness (QED) is 0.233. The number of esters is 2. The molecular formula is C26H32N2O9S. The molecule has 206 valence electrons. The first kappa shape index (κ1) is 26.8. The fourth-order valence-electron chi connectivity index (χ4n) is 6.36. The molecular weight excluding hydrogens is 516 g/mol. The van der Waals surface area contributed by atoms with E-state index < -0.39 is 56.8 Å². The number of aryl methyl sites for hydroxylation is 1. The molecule has 11 nitrogen and oxygen atoms in total. The van der Waals surface area contributed by atoms with Gasteiger partial charge in [0.05, 0.1) is 23.0 Å². The van der Waals surface area contributed by atoms with Gasteiger partial charge in [-0.1, -0.05) is 36.3 Å². The molecule has 38 heavy (non-hydrogen) atoms. The van der Waals surface area contributed by atoms with Crippen molar-refractivity contribution in [2.75, 3.05) is 13.2 Å². The number of nitrogens with zero attached hydrogens (tertiary/aromatic N) is 1. The van der Waals surface area contributed by atoms with Crippen molar-refractivity contribution in [2.24, 2.45) is 15.9 Å². The Morgan fingerprint density at radius 3 is 2.45 bits per heavy atom. The van der Waals surface area contributed by atoms with Crippen molar-refractivity contribution in [1.82, 2.24) is 5.59 Å². The van der Waals surface area contributed by atoms with Crippen molar-refractivity contribution in [3.63, 3.8) is 0 Å². The van der Waals surface area contributed by atoms with Crippen LogP contribution in [0.25, 0.3) is 0 Å².